The molecule has 0 bridgehead atoms. The monoisotopic (exact) mass is 424 g/mol. The van der Waals surface area contributed by atoms with Crippen LogP contribution in [0.4, 0.5) is 11.4 Å². The highest BCUT2D eigenvalue weighted by atomic mass is 79.9. The molecule has 4 nitrogen and oxygen atoms in total. The van der Waals surface area contributed by atoms with E-state index in [0.717, 1.165) is 20.1 Å². The van der Waals surface area contributed by atoms with Gasteiger partial charge in [-0.1, -0.05) is 24.3 Å². The Bertz CT molecular complexity index is 681. The van der Waals surface area contributed by atoms with Gasteiger partial charge in [0, 0.05) is 33.9 Å². The second kappa shape index (κ2) is 7.07. The number of benzene rings is 2. The lowest BCUT2D eigenvalue weighted by Gasteiger charge is -2.16. The topological polar surface area (TPSA) is 58.2 Å². The molecule has 2 amide bonds. The Morgan fingerprint density at radius 1 is 0.773 bits per heavy atom. The minimum atomic E-state index is -0.163. The first-order valence-corrected chi connectivity index (χ1v) is 8.11. The van der Waals surface area contributed by atoms with Crippen molar-refractivity contribution in [3.8, 4) is 11.1 Å². The van der Waals surface area contributed by atoms with Gasteiger partial charge in [0.25, 0.3) is 0 Å². The van der Waals surface area contributed by atoms with E-state index in [4.69, 9.17) is 0 Å². The highest BCUT2D eigenvalue weighted by Gasteiger charge is 2.15. The molecule has 6 heteroatoms. The van der Waals surface area contributed by atoms with Crippen molar-refractivity contribution in [3.05, 3.63) is 45.3 Å². The number of hydrogen-bond donors (Lipinski definition) is 2. The third-order valence-electron chi connectivity index (χ3n) is 2.92. The van der Waals surface area contributed by atoms with Gasteiger partial charge in [0.15, 0.2) is 0 Å². The van der Waals surface area contributed by atoms with Crippen LogP contribution in [0, 0.1) is 0 Å². The van der Waals surface area contributed by atoms with E-state index in [1.807, 2.05) is 36.4 Å². The molecule has 0 unspecified atom stereocenters. The summed E-state index contributed by atoms with van der Waals surface area (Å²) in [4.78, 5) is 22.9. The van der Waals surface area contributed by atoms with Crippen molar-refractivity contribution in [1.82, 2.24) is 0 Å². The number of nitrogens with one attached hydrogen (secondary N) is 2. The number of carbonyl (C=O) groups is 2. The van der Waals surface area contributed by atoms with Gasteiger partial charge >= 0.3 is 0 Å². The fraction of sp³-hybridized carbons (Fsp3) is 0.125. The fourth-order valence-electron chi connectivity index (χ4n) is 2.10. The Kier molecular flexibility index (Phi) is 5.37. The molecule has 0 spiro atoms. The van der Waals surface area contributed by atoms with Crippen molar-refractivity contribution in [2.24, 2.45) is 0 Å². The molecule has 0 radical (unpaired) electrons. The van der Waals surface area contributed by atoms with Crippen LogP contribution >= 0.6 is 31.9 Å². The quantitative estimate of drug-likeness (QED) is 0.742. The summed E-state index contributed by atoms with van der Waals surface area (Å²) in [6.07, 6.45) is 0. The van der Waals surface area contributed by atoms with Gasteiger partial charge in [-0.2, -0.15) is 0 Å². The molecule has 0 aliphatic heterocycles. The van der Waals surface area contributed by atoms with Gasteiger partial charge in [-0.3, -0.25) is 9.59 Å². The Morgan fingerprint density at radius 2 is 1.14 bits per heavy atom. The van der Waals surface area contributed by atoms with Gasteiger partial charge in [-0.15, -0.1) is 0 Å². The largest absolute Gasteiger partial charge is 0.325 e. The minimum Gasteiger partial charge on any atom is -0.325 e. The van der Waals surface area contributed by atoms with E-state index in [0.29, 0.717) is 11.4 Å². The third kappa shape index (κ3) is 3.75. The van der Waals surface area contributed by atoms with Gasteiger partial charge in [0.05, 0.1) is 11.4 Å². The standard InChI is InChI=1S/C16H14Br2N2O2/c1-9(21)19-15-11(5-3-7-13(15)17)12-6-4-8-14(18)16(12)20-10(2)22/h3-8H,1-2H3,(H,19,21)(H,20,22). The van der Waals surface area contributed by atoms with E-state index < -0.39 is 0 Å². The van der Waals surface area contributed by atoms with Crippen molar-refractivity contribution in [1.29, 1.82) is 0 Å². The summed E-state index contributed by atoms with van der Waals surface area (Å²) >= 11 is 6.91. The van der Waals surface area contributed by atoms with Crippen LogP contribution in [0.1, 0.15) is 13.8 Å². The van der Waals surface area contributed by atoms with E-state index in [1.54, 1.807) is 0 Å². The lowest BCUT2D eigenvalue weighted by atomic mass is 10.0. The zero-order valence-corrected chi connectivity index (χ0v) is 15.2. The molecule has 0 fully saturated rings. The van der Waals surface area contributed by atoms with E-state index >= 15 is 0 Å². The molecule has 2 aromatic rings. The molecule has 0 saturated heterocycles. The van der Waals surface area contributed by atoms with Crippen molar-refractivity contribution in [2.75, 3.05) is 10.6 Å². The lowest BCUT2D eigenvalue weighted by molar-refractivity contribution is -0.115. The molecule has 2 N–H and O–H groups in total. The van der Waals surface area contributed by atoms with Crippen LogP contribution < -0.4 is 10.6 Å². The number of para-hydroxylation sites is 2. The maximum Gasteiger partial charge on any atom is 0.221 e. The van der Waals surface area contributed by atoms with Crippen molar-refractivity contribution < 1.29 is 9.59 Å². The SMILES string of the molecule is CC(=O)Nc1c(Br)cccc1-c1cccc(Br)c1NC(C)=O. The average Bonchev–Trinajstić information content (AvgIpc) is 2.43. The number of amides is 2. The first-order chi connectivity index (χ1) is 10.4. The summed E-state index contributed by atoms with van der Waals surface area (Å²) in [5, 5.41) is 5.65. The van der Waals surface area contributed by atoms with Crippen LogP contribution in [0.25, 0.3) is 11.1 Å². The molecule has 114 valence electrons. The van der Waals surface area contributed by atoms with Gasteiger partial charge in [-0.25, -0.2) is 0 Å². The Morgan fingerprint density at radius 3 is 1.45 bits per heavy atom. The van der Waals surface area contributed by atoms with Gasteiger partial charge in [0.2, 0.25) is 11.8 Å². The predicted octanol–water partition coefficient (Wildman–Crippen LogP) is 4.80. The van der Waals surface area contributed by atoms with Crippen LogP contribution in [0.5, 0.6) is 0 Å². The van der Waals surface area contributed by atoms with Gasteiger partial charge < -0.3 is 10.6 Å². The van der Waals surface area contributed by atoms with Crippen LogP contribution in [0.2, 0.25) is 0 Å². The number of halogens is 2. The smallest absolute Gasteiger partial charge is 0.221 e. The zero-order chi connectivity index (χ0) is 16.3. The molecule has 0 atom stereocenters. The summed E-state index contributed by atoms with van der Waals surface area (Å²) in [5.41, 5.74) is 2.96. The molecule has 0 heterocycles. The van der Waals surface area contributed by atoms with E-state index in [1.165, 1.54) is 13.8 Å². The van der Waals surface area contributed by atoms with Crippen molar-refractivity contribution in [2.45, 2.75) is 13.8 Å². The summed E-state index contributed by atoms with van der Waals surface area (Å²) < 4.78 is 1.54. The molecule has 0 aromatic heterocycles. The minimum absolute atomic E-state index is 0.163. The van der Waals surface area contributed by atoms with Crippen molar-refractivity contribution in [3.63, 3.8) is 0 Å². The Labute approximate surface area is 145 Å². The van der Waals surface area contributed by atoms with Gasteiger partial charge in [0.1, 0.15) is 0 Å². The highest BCUT2D eigenvalue weighted by molar-refractivity contribution is 9.11. The number of hydrogen-bond acceptors (Lipinski definition) is 2. The molecule has 2 aromatic carbocycles. The third-order valence-corrected chi connectivity index (χ3v) is 4.24. The number of rotatable bonds is 3. The molecule has 2 rings (SSSR count). The molecular weight excluding hydrogens is 412 g/mol. The Balaban J connectivity index is 2.66. The molecule has 0 saturated carbocycles. The van der Waals surface area contributed by atoms with Crippen LogP contribution in [-0.2, 0) is 9.59 Å². The van der Waals surface area contributed by atoms with Crippen molar-refractivity contribution >= 4 is 55.0 Å². The highest BCUT2D eigenvalue weighted by Crippen LogP contribution is 2.40. The molecular formula is C16H14Br2N2O2. The first-order valence-electron chi connectivity index (χ1n) is 6.52. The van der Waals surface area contributed by atoms with E-state index in [-0.39, 0.29) is 11.8 Å². The van der Waals surface area contributed by atoms with E-state index in [2.05, 4.69) is 42.5 Å². The summed E-state index contributed by atoms with van der Waals surface area (Å²) in [6, 6.07) is 11.2. The molecule has 0 aliphatic rings. The van der Waals surface area contributed by atoms with Crippen LogP contribution in [0.3, 0.4) is 0 Å². The summed E-state index contributed by atoms with van der Waals surface area (Å²) in [6.45, 7) is 2.91. The first kappa shape index (κ1) is 16.7. The maximum atomic E-state index is 11.5. The number of carbonyl (C=O) groups excluding carboxylic acids is 2. The second-order valence-corrected chi connectivity index (χ2v) is 6.40. The Hall–Kier alpha value is -1.66. The normalized spacial score (nSPS) is 10.2. The second-order valence-electron chi connectivity index (χ2n) is 4.69. The average molecular weight is 426 g/mol. The molecule has 0 aliphatic carbocycles. The van der Waals surface area contributed by atoms with Gasteiger partial charge in [-0.05, 0) is 44.0 Å². The lowest BCUT2D eigenvalue weighted by Crippen LogP contribution is -2.10. The maximum absolute atomic E-state index is 11.5. The fourth-order valence-corrected chi connectivity index (χ4v) is 3.03. The summed E-state index contributed by atoms with van der Waals surface area (Å²) in [7, 11) is 0. The molecule has 22 heavy (non-hydrogen) atoms. The predicted molar refractivity (Wildman–Crippen MR) is 95.9 cm³/mol. The van der Waals surface area contributed by atoms with Crippen LogP contribution in [0.15, 0.2) is 45.3 Å². The zero-order valence-electron chi connectivity index (χ0n) is 12.0. The van der Waals surface area contributed by atoms with Crippen LogP contribution in [-0.4, -0.2) is 11.8 Å². The summed E-state index contributed by atoms with van der Waals surface area (Å²) in [5.74, 6) is -0.326. The number of anilines is 2. The van der Waals surface area contributed by atoms with E-state index in [9.17, 15) is 9.59 Å².